The van der Waals surface area contributed by atoms with E-state index in [9.17, 15) is 14.7 Å². The van der Waals surface area contributed by atoms with Gasteiger partial charge in [0.25, 0.3) is 11.8 Å². The average Bonchev–Trinajstić information content (AvgIpc) is 3.72. The maximum Gasteiger partial charge on any atom is 0.264 e. The van der Waals surface area contributed by atoms with Gasteiger partial charge in [0.2, 0.25) is 5.91 Å². The number of halogens is 1. The molecule has 0 bridgehead atoms. The van der Waals surface area contributed by atoms with Crippen molar-refractivity contribution in [1.29, 1.82) is 0 Å². The highest BCUT2D eigenvalue weighted by atomic mass is 19.1. The molecule has 5 aromatic carbocycles. The number of carbonyl (C=O) groups excluding carboxylic acids is 3. The number of anilines is 3. The number of aliphatic hydroxyl groups excluding tert-OH is 1. The molecule has 4 aliphatic heterocycles. The summed E-state index contributed by atoms with van der Waals surface area (Å²) in [5.41, 5.74) is 2.64. The summed E-state index contributed by atoms with van der Waals surface area (Å²) in [7, 11) is 0. The van der Waals surface area contributed by atoms with Gasteiger partial charge in [0.15, 0.2) is 5.60 Å². The summed E-state index contributed by atoms with van der Waals surface area (Å²) in [6.07, 6.45) is -0.600. The van der Waals surface area contributed by atoms with Crippen molar-refractivity contribution >= 4 is 45.6 Å². The Hall–Kier alpha value is -5.38. The second-order valence-electron chi connectivity index (χ2n) is 15.7. The standard InChI is InChI=1S/C45H42FN3O5/c1-27-41(44(2,3)46)38(23-39(51)47-25-31-14-8-7-13-30(31)21-33(47)26-50)54-45(27)35-22-32(19-20-36(35)48(43(45)53)24-28-11-5-4-6-12-28)49-37-18-10-16-29-15-9-17-34(40(29)37)42(49)52/h4-20,22,27,33,38,41,50H,21,23-26H2,1-3H3/t27-,33+,38+,41-,45+/m1/s1. The first kappa shape index (κ1) is 34.4. The zero-order chi connectivity index (χ0) is 37.5. The van der Waals surface area contributed by atoms with Crippen LogP contribution in [0, 0.1) is 11.8 Å². The molecule has 54 heavy (non-hydrogen) atoms. The quantitative estimate of drug-likeness (QED) is 0.187. The molecule has 5 atom stereocenters. The van der Waals surface area contributed by atoms with Gasteiger partial charge in [-0.15, -0.1) is 0 Å². The van der Waals surface area contributed by atoms with Crippen molar-refractivity contribution in [2.45, 2.75) is 70.1 Å². The molecule has 4 heterocycles. The number of benzene rings is 5. The van der Waals surface area contributed by atoms with Gasteiger partial charge < -0.3 is 19.6 Å². The smallest absolute Gasteiger partial charge is 0.264 e. The summed E-state index contributed by atoms with van der Waals surface area (Å²) < 4.78 is 23.6. The highest BCUT2D eigenvalue weighted by Crippen LogP contribution is 2.59. The molecule has 0 aliphatic carbocycles. The van der Waals surface area contributed by atoms with Gasteiger partial charge in [0.1, 0.15) is 5.67 Å². The van der Waals surface area contributed by atoms with E-state index < -0.39 is 35.3 Å². The molecule has 9 heteroatoms. The van der Waals surface area contributed by atoms with Gasteiger partial charge in [0, 0.05) is 35.0 Å². The Kier molecular flexibility index (Phi) is 8.03. The summed E-state index contributed by atoms with van der Waals surface area (Å²) in [6, 6.07) is 34.2. The Balaban J connectivity index is 1.14. The molecule has 1 spiro atoms. The van der Waals surface area contributed by atoms with E-state index in [4.69, 9.17) is 4.74 Å². The Labute approximate surface area is 313 Å². The van der Waals surface area contributed by atoms with Gasteiger partial charge in [-0.25, -0.2) is 4.39 Å². The minimum absolute atomic E-state index is 0.161. The second kappa shape index (κ2) is 12.6. The van der Waals surface area contributed by atoms with Crippen LogP contribution in [0.5, 0.6) is 0 Å². The number of hydrogen-bond acceptors (Lipinski definition) is 5. The zero-order valence-corrected chi connectivity index (χ0v) is 30.5. The van der Waals surface area contributed by atoms with Crippen molar-refractivity contribution < 1.29 is 28.6 Å². The van der Waals surface area contributed by atoms with E-state index in [1.807, 2.05) is 116 Å². The van der Waals surface area contributed by atoms with Crippen LogP contribution in [0.25, 0.3) is 10.8 Å². The summed E-state index contributed by atoms with van der Waals surface area (Å²) in [5, 5.41) is 12.2. The number of carbonyl (C=O) groups is 3. The van der Waals surface area contributed by atoms with Crippen LogP contribution in [-0.2, 0) is 39.4 Å². The van der Waals surface area contributed by atoms with E-state index >= 15 is 9.18 Å². The molecule has 0 aromatic heterocycles. The molecular weight excluding hydrogens is 682 g/mol. The SMILES string of the molecule is C[C@@H]1[C@@H](C(C)(C)F)[C@H](CC(=O)N2Cc3ccccc3C[C@H]2CO)O[C@@]12C(=O)N(Cc1ccccc1)c1ccc(N3C(=O)c4cccc5cccc3c45)cc12. The normalized spacial score (nSPS) is 24.5. The Morgan fingerprint density at radius 2 is 1.63 bits per heavy atom. The molecule has 4 aliphatic rings. The third-order valence-corrected chi connectivity index (χ3v) is 12.2. The van der Waals surface area contributed by atoms with E-state index in [0.717, 1.165) is 33.2 Å². The van der Waals surface area contributed by atoms with Crippen molar-refractivity contribution in [2.24, 2.45) is 11.8 Å². The van der Waals surface area contributed by atoms with Gasteiger partial charge in [0.05, 0.1) is 48.7 Å². The van der Waals surface area contributed by atoms with Crippen LogP contribution in [0.3, 0.4) is 0 Å². The summed E-state index contributed by atoms with van der Waals surface area (Å²) in [6.45, 7) is 5.20. The average molecular weight is 724 g/mol. The van der Waals surface area contributed by atoms with Crippen LogP contribution >= 0.6 is 0 Å². The highest BCUT2D eigenvalue weighted by molar-refractivity contribution is 6.28. The van der Waals surface area contributed by atoms with Crippen molar-refractivity contribution in [3.05, 3.63) is 137 Å². The molecule has 0 radical (unpaired) electrons. The Bertz CT molecular complexity index is 2330. The lowest BCUT2D eigenvalue weighted by Gasteiger charge is -2.37. The molecular formula is C45H42FN3O5. The maximum atomic E-state index is 16.6. The highest BCUT2D eigenvalue weighted by Gasteiger charge is 2.66. The van der Waals surface area contributed by atoms with Crippen LogP contribution in [0.1, 0.15) is 59.8 Å². The van der Waals surface area contributed by atoms with E-state index in [2.05, 4.69) is 0 Å². The van der Waals surface area contributed by atoms with Crippen LogP contribution in [0.2, 0.25) is 0 Å². The number of aliphatic hydroxyl groups is 1. The molecule has 9 rings (SSSR count). The first-order valence-corrected chi connectivity index (χ1v) is 18.7. The number of nitrogens with zero attached hydrogens (tertiary/aromatic N) is 3. The lowest BCUT2D eigenvalue weighted by atomic mass is 9.71. The molecule has 0 saturated carbocycles. The predicted octanol–water partition coefficient (Wildman–Crippen LogP) is 7.61. The van der Waals surface area contributed by atoms with Crippen LogP contribution in [0.15, 0.2) is 109 Å². The topological polar surface area (TPSA) is 90.4 Å². The van der Waals surface area contributed by atoms with Gasteiger partial charge in [-0.3, -0.25) is 19.3 Å². The van der Waals surface area contributed by atoms with E-state index in [0.29, 0.717) is 35.5 Å². The first-order chi connectivity index (χ1) is 26.0. The van der Waals surface area contributed by atoms with Gasteiger partial charge in [-0.2, -0.15) is 0 Å². The summed E-state index contributed by atoms with van der Waals surface area (Å²) >= 11 is 0. The monoisotopic (exact) mass is 723 g/mol. The van der Waals surface area contributed by atoms with E-state index in [1.165, 1.54) is 13.8 Å². The second-order valence-corrected chi connectivity index (χ2v) is 15.7. The van der Waals surface area contributed by atoms with Gasteiger partial charge in [-0.05, 0) is 72.7 Å². The fourth-order valence-electron chi connectivity index (χ4n) is 9.80. The molecule has 274 valence electrons. The van der Waals surface area contributed by atoms with Crippen molar-refractivity contribution in [1.82, 2.24) is 4.90 Å². The molecule has 1 fully saturated rings. The summed E-state index contributed by atoms with van der Waals surface area (Å²) in [4.78, 5) is 48.5. The third-order valence-electron chi connectivity index (χ3n) is 12.2. The van der Waals surface area contributed by atoms with Crippen LogP contribution < -0.4 is 9.80 Å². The Morgan fingerprint density at radius 1 is 0.907 bits per heavy atom. The molecule has 5 aromatic rings. The number of fused-ring (bicyclic) bond motifs is 3. The number of alkyl halides is 1. The largest absolute Gasteiger partial charge is 0.394 e. The lowest BCUT2D eigenvalue weighted by Crippen LogP contribution is -2.48. The van der Waals surface area contributed by atoms with Crippen LogP contribution in [0.4, 0.5) is 21.5 Å². The van der Waals surface area contributed by atoms with Gasteiger partial charge in [-0.1, -0.05) is 85.8 Å². The fourth-order valence-corrected chi connectivity index (χ4v) is 9.80. The molecule has 8 nitrogen and oxygen atoms in total. The minimum Gasteiger partial charge on any atom is -0.394 e. The third kappa shape index (κ3) is 5.12. The first-order valence-electron chi connectivity index (χ1n) is 18.7. The number of rotatable bonds is 7. The fraction of sp³-hybridized carbons (Fsp3) is 0.311. The number of hydrogen-bond donors (Lipinski definition) is 1. The maximum absolute atomic E-state index is 16.6. The zero-order valence-electron chi connectivity index (χ0n) is 30.5. The molecule has 3 amide bonds. The number of ether oxygens (including phenoxy) is 1. The van der Waals surface area contributed by atoms with E-state index in [-0.39, 0.29) is 37.3 Å². The molecule has 0 unspecified atom stereocenters. The van der Waals surface area contributed by atoms with Crippen molar-refractivity contribution in [2.75, 3.05) is 16.4 Å². The molecule has 1 N–H and O–H groups in total. The minimum atomic E-state index is -1.83. The van der Waals surface area contributed by atoms with Crippen molar-refractivity contribution in [3.63, 3.8) is 0 Å². The van der Waals surface area contributed by atoms with Crippen LogP contribution in [-0.4, -0.2) is 52.1 Å². The lowest BCUT2D eigenvalue weighted by molar-refractivity contribution is -0.151. The predicted molar refractivity (Wildman–Crippen MR) is 205 cm³/mol. The van der Waals surface area contributed by atoms with Crippen molar-refractivity contribution in [3.8, 4) is 0 Å². The summed E-state index contributed by atoms with van der Waals surface area (Å²) in [5.74, 6) is -2.29. The van der Waals surface area contributed by atoms with Gasteiger partial charge >= 0.3 is 0 Å². The number of amides is 3. The molecule has 1 saturated heterocycles. The van der Waals surface area contributed by atoms with E-state index in [1.54, 1.807) is 14.7 Å². The Morgan fingerprint density at radius 3 is 2.37 bits per heavy atom.